The molecule has 14 heavy (non-hydrogen) atoms. The first-order valence-corrected chi connectivity index (χ1v) is 2.10. The molecule has 0 saturated carbocycles. The Morgan fingerprint density at radius 3 is 0.571 bits per heavy atom. The fourth-order valence-electron chi connectivity index (χ4n) is 0. The lowest BCUT2D eigenvalue weighted by molar-refractivity contribution is 0.381. The van der Waals surface area contributed by atoms with Gasteiger partial charge in [0.1, 0.15) is 0 Å². The van der Waals surface area contributed by atoms with Crippen molar-refractivity contribution in [1.29, 1.82) is 0 Å². The summed E-state index contributed by atoms with van der Waals surface area (Å²) in [7, 11) is -4.67. The molecular formula is H20MgO12S. The molecule has 12 nitrogen and oxygen atoms in total. The molecule has 0 atom stereocenters. The number of rotatable bonds is 0. The summed E-state index contributed by atoms with van der Waals surface area (Å²) >= 11 is 0. The van der Waals surface area contributed by atoms with Gasteiger partial charge in [0, 0.05) is 0 Å². The van der Waals surface area contributed by atoms with E-state index in [1.165, 1.54) is 0 Å². The molecule has 0 saturated heterocycles. The Morgan fingerprint density at radius 1 is 0.571 bits per heavy atom. The highest BCUT2D eigenvalue weighted by atomic mass is 32.3. The zero-order valence-corrected chi connectivity index (χ0v) is 6.94. The van der Waals surface area contributed by atoms with Crippen LogP contribution in [-0.2, 0) is 10.4 Å². The maximum absolute atomic E-state index is 8.74. The lowest BCUT2D eigenvalue weighted by atomic mass is 15.8. The van der Waals surface area contributed by atoms with Crippen molar-refractivity contribution in [2.24, 2.45) is 0 Å². The van der Waals surface area contributed by atoms with Crippen LogP contribution in [0.4, 0.5) is 0 Å². The van der Waals surface area contributed by atoms with Gasteiger partial charge in [-0.05, 0) is 0 Å². The standard InChI is InChI=1S/Mg.H2O4S.8H2O.2H/c;1-5(2,3)4;;;;;;;;;;/h;(H2,1,2,3,4);8*1H2;;. The monoisotopic (exact) mass is 268 g/mol. The molecule has 0 rings (SSSR count). The van der Waals surface area contributed by atoms with Crippen LogP contribution in [0.2, 0.25) is 0 Å². The zero-order valence-electron chi connectivity index (χ0n) is 6.12. The molecule has 0 bridgehead atoms. The lowest BCUT2D eigenvalue weighted by Gasteiger charge is -1.68. The van der Waals surface area contributed by atoms with Crippen LogP contribution in [0.1, 0.15) is 0 Å². The molecule has 0 aliphatic rings. The summed E-state index contributed by atoms with van der Waals surface area (Å²) in [6.07, 6.45) is 0. The maximum atomic E-state index is 8.74. The summed E-state index contributed by atoms with van der Waals surface area (Å²) in [4.78, 5) is 0. The Kier molecular flexibility index (Phi) is 493. The topological polar surface area (TPSA) is 327 Å². The molecule has 0 aromatic carbocycles. The van der Waals surface area contributed by atoms with Gasteiger partial charge < -0.3 is 43.8 Å². The van der Waals surface area contributed by atoms with Crippen LogP contribution in [0.15, 0.2) is 0 Å². The van der Waals surface area contributed by atoms with Gasteiger partial charge in [-0.1, -0.05) is 0 Å². The van der Waals surface area contributed by atoms with Gasteiger partial charge in [0.05, 0.1) is 0 Å². The minimum absolute atomic E-state index is 0. The summed E-state index contributed by atoms with van der Waals surface area (Å²) in [5.41, 5.74) is 0. The van der Waals surface area contributed by atoms with E-state index in [4.69, 9.17) is 17.5 Å². The van der Waals surface area contributed by atoms with E-state index < -0.39 is 10.4 Å². The minimum Gasteiger partial charge on any atom is -0.412 e. The largest absolute Gasteiger partial charge is 0.412 e. The summed E-state index contributed by atoms with van der Waals surface area (Å²) in [5.74, 6) is 0. The van der Waals surface area contributed by atoms with Crippen LogP contribution < -0.4 is 0 Å². The Hall–Kier alpha value is 0.316. The first-order valence-electron chi connectivity index (χ1n) is 0.698. The second-order valence-electron chi connectivity index (χ2n) is 0.448. The molecule has 0 aliphatic heterocycles. The third kappa shape index (κ3) is 15800. The normalized spacial score (nSPS) is 4.14. The summed E-state index contributed by atoms with van der Waals surface area (Å²) in [6.45, 7) is 0. The van der Waals surface area contributed by atoms with Crippen LogP contribution in [0, 0.1) is 0 Å². The van der Waals surface area contributed by atoms with E-state index in [1.807, 2.05) is 0 Å². The van der Waals surface area contributed by atoms with Crippen molar-refractivity contribution in [3.8, 4) is 0 Å². The van der Waals surface area contributed by atoms with Crippen LogP contribution in [0.25, 0.3) is 0 Å². The van der Waals surface area contributed by atoms with Crippen molar-refractivity contribution >= 4 is 33.5 Å². The molecule has 0 aliphatic carbocycles. The van der Waals surface area contributed by atoms with Gasteiger partial charge in [-0.2, -0.15) is 8.42 Å². The molecule has 100 valence electrons. The second-order valence-corrected chi connectivity index (χ2v) is 1.34. The minimum atomic E-state index is -4.67. The van der Waals surface area contributed by atoms with Crippen molar-refractivity contribution < 1.29 is 61.3 Å². The van der Waals surface area contributed by atoms with Gasteiger partial charge >= 0.3 is 33.5 Å². The van der Waals surface area contributed by atoms with Crippen molar-refractivity contribution in [3.05, 3.63) is 0 Å². The fourth-order valence-corrected chi connectivity index (χ4v) is 0. The SMILES string of the molecule is O.O.O.O.O.O.O.O.O=S(=O)(O)O.[MgH2]. The van der Waals surface area contributed by atoms with Gasteiger partial charge in [0.2, 0.25) is 0 Å². The molecule has 0 aromatic heterocycles. The van der Waals surface area contributed by atoms with Crippen molar-refractivity contribution in [2.45, 2.75) is 0 Å². The predicted octanol–water partition coefficient (Wildman–Crippen LogP) is -8.17. The quantitative estimate of drug-likeness (QED) is 0.318. The molecule has 18 N–H and O–H groups in total. The van der Waals surface area contributed by atoms with E-state index >= 15 is 0 Å². The van der Waals surface area contributed by atoms with E-state index in [2.05, 4.69) is 0 Å². The van der Waals surface area contributed by atoms with Crippen LogP contribution >= 0.6 is 0 Å². The van der Waals surface area contributed by atoms with E-state index in [1.54, 1.807) is 0 Å². The smallest absolute Gasteiger partial charge is 0.394 e. The molecule has 14 heteroatoms. The Bertz CT molecular complexity index is 93.5. The van der Waals surface area contributed by atoms with E-state index in [-0.39, 0.29) is 66.9 Å². The van der Waals surface area contributed by atoms with E-state index in [9.17, 15) is 0 Å². The summed E-state index contributed by atoms with van der Waals surface area (Å²) in [5, 5.41) is 0. The fraction of sp³-hybridized carbons (Fsp3) is 0. The highest BCUT2D eigenvalue weighted by Gasteiger charge is 1.84. The average Bonchev–Trinajstić information content (AvgIpc) is 0.722. The zero-order chi connectivity index (χ0) is 4.50. The van der Waals surface area contributed by atoms with Gasteiger partial charge in [0.25, 0.3) is 0 Å². The van der Waals surface area contributed by atoms with Crippen LogP contribution in [0.5, 0.6) is 0 Å². The van der Waals surface area contributed by atoms with Gasteiger partial charge in [0.15, 0.2) is 0 Å². The molecule has 0 amide bonds. The Balaban J connectivity index is -0.00000000222. The highest BCUT2D eigenvalue weighted by molar-refractivity contribution is 7.79. The van der Waals surface area contributed by atoms with Crippen molar-refractivity contribution in [2.75, 3.05) is 0 Å². The number of hydrogen-bond donors (Lipinski definition) is 2. The molecule has 0 spiro atoms. The highest BCUT2D eigenvalue weighted by Crippen LogP contribution is 1.59. The van der Waals surface area contributed by atoms with E-state index in [0.29, 0.717) is 0 Å². The average molecular weight is 269 g/mol. The van der Waals surface area contributed by atoms with Gasteiger partial charge in [-0.15, -0.1) is 0 Å². The third-order valence-corrected chi connectivity index (χ3v) is 0. The molecule has 0 fully saturated rings. The maximum Gasteiger partial charge on any atom is 0.394 e. The van der Waals surface area contributed by atoms with Crippen molar-refractivity contribution in [3.63, 3.8) is 0 Å². The van der Waals surface area contributed by atoms with Crippen LogP contribution in [-0.4, -0.2) is 84.4 Å². The van der Waals surface area contributed by atoms with Crippen LogP contribution in [0.3, 0.4) is 0 Å². The summed E-state index contributed by atoms with van der Waals surface area (Å²) in [6, 6.07) is 0. The molecule has 0 aromatic rings. The molecule has 0 unspecified atom stereocenters. The second kappa shape index (κ2) is 50.6. The third-order valence-electron chi connectivity index (χ3n) is 0. The predicted molar refractivity (Wildman–Crippen MR) is 51.6 cm³/mol. The van der Waals surface area contributed by atoms with Gasteiger partial charge in [-0.25, -0.2) is 0 Å². The first-order chi connectivity index (χ1) is 2.00. The van der Waals surface area contributed by atoms with Gasteiger partial charge in [-0.3, -0.25) is 9.11 Å². The Labute approximate surface area is 95.1 Å². The van der Waals surface area contributed by atoms with Crippen molar-refractivity contribution in [1.82, 2.24) is 0 Å². The number of hydrogen-bond acceptors (Lipinski definition) is 2. The first kappa shape index (κ1) is 136. The molecule has 0 radical (unpaired) electrons. The van der Waals surface area contributed by atoms with E-state index in [0.717, 1.165) is 0 Å². The lowest BCUT2D eigenvalue weighted by Crippen LogP contribution is -1.89. The Morgan fingerprint density at radius 2 is 0.571 bits per heavy atom. The molecular weight excluding hydrogens is 248 g/mol. The summed E-state index contributed by atoms with van der Waals surface area (Å²) < 4.78 is 31.6. The molecule has 0 heterocycles.